The highest BCUT2D eigenvalue weighted by Gasteiger charge is 2.22. The van der Waals surface area contributed by atoms with Crippen molar-refractivity contribution >= 4 is 46.6 Å². The second-order valence-corrected chi connectivity index (χ2v) is 7.14. The van der Waals surface area contributed by atoms with Crippen molar-refractivity contribution in [3.05, 3.63) is 28.2 Å². The molecule has 0 saturated heterocycles. The van der Waals surface area contributed by atoms with Crippen LogP contribution < -0.4 is 10.6 Å². The Labute approximate surface area is 151 Å². The van der Waals surface area contributed by atoms with E-state index in [1.165, 1.54) is 11.9 Å². The van der Waals surface area contributed by atoms with Crippen molar-refractivity contribution in [2.45, 2.75) is 20.8 Å². The number of likely N-dealkylation sites (N-methyl/N-ethyl adjacent to an activating group) is 1. The molecule has 1 rings (SSSR count). The van der Waals surface area contributed by atoms with E-state index in [1.807, 2.05) is 0 Å². The van der Waals surface area contributed by atoms with Gasteiger partial charge in [-0.25, -0.2) is 0 Å². The molecule has 0 aliphatic carbocycles. The molecule has 0 spiro atoms. The molecule has 6 nitrogen and oxygen atoms in total. The van der Waals surface area contributed by atoms with Gasteiger partial charge >= 0.3 is 0 Å². The molecular weight excluding hydrogens is 353 g/mol. The number of hydrogen-bond donors (Lipinski definition) is 2. The predicted molar refractivity (Wildman–Crippen MR) is 95.2 cm³/mol. The highest BCUT2D eigenvalue weighted by atomic mass is 35.5. The van der Waals surface area contributed by atoms with Crippen LogP contribution in [0.1, 0.15) is 20.8 Å². The number of benzene rings is 1. The standard InChI is InChI=1S/C16H21Cl2N3O3/c1-16(2,3)15(24)19-8-13(23)21(4)9-12(22)20-14-10(17)6-5-7-11(14)18/h5-7H,8-9H2,1-4H3,(H,19,24)(H,20,22). The number of amides is 3. The zero-order valence-electron chi connectivity index (χ0n) is 14.1. The number of nitrogens with one attached hydrogen (secondary N) is 2. The van der Waals surface area contributed by atoms with Crippen molar-refractivity contribution < 1.29 is 14.4 Å². The summed E-state index contributed by atoms with van der Waals surface area (Å²) in [6.07, 6.45) is 0. The number of nitrogens with zero attached hydrogens (tertiary/aromatic N) is 1. The Morgan fingerprint density at radius 3 is 2.17 bits per heavy atom. The number of carbonyl (C=O) groups is 3. The summed E-state index contributed by atoms with van der Waals surface area (Å²) < 4.78 is 0. The number of halogens is 2. The highest BCUT2D eigenvalue weighted by molar-refractivity contribution is 6.39. The van der Waals surface area contributed by atoms with Gasteiger partial charge in [-0.15, -0.1) is 0 Å². The average molecular weight is 374 g/mol. The van der Waals surface area contributed by atoms with Gasteiger partial charge < -0.3 is 15.5 Å². The van der Waals surface area contributed by atoms with Crippen molar-refractivity contribution in [2.24, 2.45) is 5.41 Å². The average Bonchev–Trinajstić information content (AvgIpc) is 2.47. The van der Waals surface area contributed by atoms with Crippen LogP contribution in [0.3, 0.4) is 0 Å². The van der Waals surface area contributed by atoms with Crippen LogP contribution in [0.15, 0.2) is 18.2 Å². The zero-order valence-corrected chi connectivity index (χ0v) is 15.6. The zero-order chi connectivity index (χ0) is 18.5. The molecule has 3 amide bonds. The molecule has 0 atom stereocenters. The molecule has 1 aromatic carbocycles. The largest absolute Gasteiger partial charge is 0.347 e. The summed E-state index contributed by atoms with van der Waals surface area (Å²) in [5.74, 6) is -1.06. The highest BCUT2D eigenvalue weighted by Crippen LogP contribution is 2.29. The molecule has 0 unspecified atom stereocenters. The normalized spacial score (nSPS) is 10.9. The van der Waals surface area contributed by atoms with Gasteiger partial charge in [-0.2, -0.15) is 0 Å². The second-order valence-electron chi connectivity index (χ2n) is 6.33. The molecule has 0 aliphatic heterocycles. The van der Waals surface area contributed by atoms with Crippen LogP contribution >= 0.6 is 23.2 Å². The van der Waals surface area contributed by atoms with Crippen molar-refractivity contribution in [1.82, 2.24) is 10.2 Å². The minimum Gasteiger partial charge on any atom is -0.347 e. The Morgan fingerprint density at radius 1 is 1.12 bits per heavy atom. The molecule has 0 heterocycles. The van der Waals surface area contributed by atoms with Gasteiger partial charge in [-0.3, -0.25) is 14.4 Å². The van der Waals surface area contributed by atoms with Crippen molar-refractivity contribution in [1.29, 1.82) is 0 Å². The van der Waals surface area contributed by atoms with E-state index in [0.717, 1.165) is 0 Å². The maximum absolute atomic E-state index is 12.0. The van der Waals surface area contributed by atoms with E-state index in [-0.39, 0.29) is 24.9 Å². The van der Waals surface area contributed by atoms with E-state index in [9.17, 15) is 14.4 Å². The van der Waals surface area contributed by atoms with Gasteiger partial charge in [0.1, 0.15) is 0 Å². The Hall–Kier alpha value is -1.79. The first-order chi connectivity index (χ1) is 11.0. The fraction of sp³-hybridized carbons (Fsp3) is 0.438. The summed E-state index contributed by atoms with van der Waals surface area (Å²) in [5.41, 5.74) is -0.287. The minimum absolute atomic E-state index is 0.174. The fourth-order valence-corrected chi connectivity index (χ4v) is 2.15. The van der Waals surface area contributed by atoms with E-state index in [0.29, 0.717) is 15.7 Å². The van der Waals surface area contributed by atoms with Gasteiger partial charge in [0.05, 0.1) is 28.8 Å². The van der Waals surface area contributed by atoms with Gasteiger partial charge in [-0.05, 0) is 12.1 Å². The first kappa shape index (κ1) is 20.3. The summed E-state index contributed by atoms with van der Waals surface area (Å²) in [7, 11) is 1.47. The molecule has 0 radical (unpaired) electrons. The van der Waals surface area contributed by atoms with E-state index >= 15 is 0 Å². The lowest BCUT2D eigenvalue weighted by atomic mass is 9.96. The van der Waals surface area contributed by atoms with Gasteiger partial charge in [0.25, 0.3) is 0 Å². The summed E-state index contributed by atoms with van der Waals surface area (Å²) in [5, 5.41) is 5.73. The predicted octanol–water partition coefficient (Wildman–Crippen LogP) is 2.55. The van der Waals surface area contributed by atoms with Crippen LogP contribution in [-0.4, -0.2) is 42.8 Å². The number of para-hydroxylation sites is 1. The monoisotopic (exact) mass is 373 g/mol. The second kappa shape index (κ2) is 8.35. The topological polar surface area (TPSA) is 78.5 Å². The van der Waals surface area contributed by atoms with Crippen molar-refractivity contribution in [3.8, 4) is 0 Å². The quantitative estimate of drug-likeness (QED) is 0.832. The maximum Gasteiger partial charge on any atom is 0.244 e. The Kier molecular flexibility index (Phi) is 7.05. The smallest absolute Gasteiger partial charge is 0.244 e. The van der Waals surface area contributed by atoms with E-state index in [1.54, 1.807) is 39.0 Å². The number of carbonyl (C=O) groups excluding carboxylic acids is 3. The molecule has 0 aromatic heterocycles. The Balaban J connectivity index is 2.55. The molecular formula is C16H21Cl2N3O3. The van der Waals surface area contributed by atoms with Gasteiger partial charge in [0.15, 0.2) is 0 Å². The Bertz CT molecular complexity index is 622. The van der Waals surface area contributed by atoms with Crippen molar-refractivity contribution in [3.63, 3.8) is 0 Å². The summed E-state index contributed by atoms with van der Waals surface area (Å²) >= 11 is 11.9. The van der Waals surface area contributed by atoms with E-state index in [4.69, 9.17) is 23.2 Å². The van der Waals surface area contributed by atoms with E-state index < -0.39 is 11.3 Å². The van der Waals surface area contributed by atoms with Crippen LogP contribution in [0, 0.1) is 5.41 Å². The summed E-state index contributed by atoms with van der Waals surface area (Å²) in [6, 6.07) is 4.85. The van der Waals surface area contributed by atoms with E-state index in [2.05, 4.69) is 10.6 Å². The van der Waals surface area contributed by atoms with Crippen LogP contribution in [0.25, 0.3) is 0 Å². The van der Waals surface area contributed by atoms with Crippen LogP contribution in [-0.2, 0) is 14.4 Å². The lowest BCUT2D eigenvalue weighted by Gasteiger charge is -2.20. The lowest BCUT2D eigenvalue weighted by Crippen LogP contribution is -2.44. The fourth-order valence-electron chi connectivity index (χ4n) is 1.66. The molecule has 1 aromatic rings. The van der Waals surface area contributed by atoms with Gasteiger partial charge in [-0.1, -0.05) is 50.0 Å². The van der Waals surface area contributed by atoms with Crippen LogP contribution in [0.4, 0.5) is 5.69 Å². The van der Waals surface area contributed by atoms with Gasteiger partial charge in [0.2, 0.25) is 17.7 Å². The number of rotatable bonds is 5. The lowest BCUT2D eigenvalue weighted by molar-refractivity contribution is -0.135. The van der Waals surface area contributed by atoms with Gasteiger partial charge in [0, 0.05) is 12.5 Å². The Morgan fingerprint density at radius 2 is 1.67 bits per heavy atom. The third-order valence-corrected chi connectivity index (χ3v) is 3.75. The molecule has 0 aliphatic rings. The molecule has 0 saturated carbocycles. The molecule has 0 bridgehead atoms. The summed E-state index contributed by atoms with van der Waals surface area (Å²) in [4.78, 5) is 36.9. The molecule has 8 heteroatoms. The SMILES string of the molecule is CN(CC(=O)Nc1c(Cl)cccc1Cl)C(=O)CNC(=O)C(C)(C)C. The number of anilines is 1. The molecule has 24 heavy (non-hydrogen) atoms. The first-order valence-corrected chi connectivity index (χ1v) is 8.04. The molecule has 0 fully saturated rings. The summed E-state index contributed by atoms with van der Waals surface area (Å²) in [6.45, 7) is 4.88. The first-order valence-electron chi connectivity index (χ1n) is 7.28. The van der Waals surface area contributed by atoms with Crippen LogP contribution in [0.5, 0.6) is 0 Å². The van der Waals surface area contributed by atoms with Crippen molar-refractivity contribution in [2.75, 3.05) is 25.5 Å². The minimum atomic E-state index is -0.586. The molecule has 132 valence electrons. The number of hydrogen-bond acceptors (Lipinski definition) is 3. The van der Waals surface area contributed by atoms with Crippen LogP contribution in [0.2, 0.25) is 10.0 Å². The third kappa shape index (κ3) is 6.02. The maximum atomic E-state index is 12.0. The third-order valence-electron chi connectivity index (χ3n) is 3.12. The molecule has 2 N–H and O–H groups in total.